The van der Waals surface area contributed by atoms with Crippen LogP contribution in [0.15, 0.2) is 121 Å². The van der Waals surface area contributed by atoms with E-state index in [1.165, 1.54) is 82.2 Å². The summed E-state index contributed by atoms with van der Waals surface area (Å²) in [6.45, 7) is 2.09. The Hall–Kier alpha value is -5.15. The molecule has 0 aliphatic rings. The molecule has 0 N–H and O–H groups in total. The van der Waals surface area contributed by atoms with Crippen LogP contribution in [0.25, 0.3) is 71.6 Å². The summed E-state index contributed by atoms with van der Waals surface area (Å²) in [6.07, 6.45) is 0. The molecule has 218 valence electrons. The molecule has 0 spiro atoms. The zero-order valence-corrected chi connectivity index (χ0v) is 27.9. The number of para-hydroxylation sites is 2. The van der Waals surface area contributed by atoms with Crippen molar-refractivity contribution in [1.82, 2.24) is 9.55 Å². The third-order valence-electron chi connectivity index (χ3n) is 10.5. The van der Waals surface area contributed by atoms with Gasteiger partial charge in [0.25, 0.3) is 0 Å². The minimum Gasteiger partial charge on any atom is -0.297 e. The number of benzene rings is 7. The summed E-state index contributed by atoms with van der Waals surface area (Å²) in [5.74, 6) is 0.984. The van der Waals surface area contributed by atoms with Gasteiger partial charge in [0.2, 0.25) is 0 Å². The van der Waals surface area contributed by atoms with Crippen molar-refractivity contribution in [3.8, 4) is 39.1 Å². The standard InChI is InChI=1S/C40H33B5N2/c1-22-46-31-18-6-7-19-32(31)47(22)26-13-9-12-25(21-26)34-29-16-4-2-14-27(29)33(28-15-3-5-17-30(28)34)23-10-8-11-24(20-23)35-36(41)38(43)40(45)39(44)37(35)42/h2-21H,41-45H2,1H3. The highest BCUT2D eigenvalue weighted by molar-refractivity contribution is 6.68. The predicted octanol–water partition coefficient (Wildman–Crippen LogP) is 1.93. The van der Waals surface area contributed by atoms with Crippen LogP contribution in [0, 0.1) is 6.92 Å². The summed E-state index contributed by atoms with van der Waals surface area (Å²) in [4.78, 5) is 4.85. The van der Waals surface area contributed by atoms with E-state index in [0.29, 0.717) is 0 Å². The van der Waals surface area contributed by atoms with Gasteiger partial charge in [-0.2, -0.15) is 0 Å². The average molecular weight is 596 g/mol. The molecule has 1 aromatic heterocycles. The Morgan fingerprint density at radius 2 is 0.894 bits per heavy atom. The largest absolute Gasteiger partial charge is 0.297 e. The molecule has 0 bridgehead atoms. The number of aromatic nitrogens is 2. The lowest BCUT2D eigenvalue weighted by molar-refractivity contribution is 1.00. The molecule has 0 radical (unpaired) electrons. The highest BCUT2D eigenvalue weighted by Gasteiger charge is 2.19. The van der Waals surface area contributed by atoms with E-state index < -0.39 is 0 Å². The number of rotatable bonds is 4. The lowest BCUT2D eigenvalue weighted by Gasteiger charge is -2.22. The van der Waals surface area contributed by atoms with Crippen molar-refractivity contribution in [2.75, 3.05) is 0 Å². The zero-order chi connectivity index (χ0) is 32.4. The van der Waals surface area contributed by atoms with Gasteiger partial charge in [-0.1, -0.05) is 102 Å². The fourth-order valence-electron chi connectivity index (χ4n) is 7.79. The van der Waals surface area contributed by atoms with Gasteiger partial charge in [0, 0.05) is 5.69 Å². The van der Waals surface area contributed by atoms with Crippen LogP contribution in [-0.2, 0) is 0 Å². The molecule has 0 saturated heterocycles. The van der Waals surface area contributed by atoms with Crippen LogP contribution >= 0.6 is 0 Å². The second-order valence-corrected chi connectivity index (χ2v) is 13.0. The van der Waals surface area contributed by atoms with Gasteiger partial charge in [0.1, 0.15) is 45.1 Å². The smallest absolute Gasteiger partial charge is 0.139 e. The van der Waals surface area contributed by atoms with Crippen LogP contribution in [0.2, 0.25) is 0 Å². The van der Waals surface area contributed by atoms with Crippen molar-refractivity contribution < 1.29 is 0 Å². The summed E-state index contributed by atoms with van der Waals surface area (Å²) in [7, 11) is 11.3. The number of aryl methyl sites for hydroxylation is 1. The highest BCUT2D eigenvalue weighted by Crippen LogP contribution is 2.44. The van der Waals surface area contributed by atoms with Gasteiger partial charge in [-0.05, 0) is 92.2 Å². The van der Waals surface area contributed by atoms with E-state index in [1.807, 2.05) is 0 Å². The minimum absolute atomic E-state index is 0.984. The molecule has 1 heterocycles. The van der Waals surface area contributed by atoms with E-state index in [1.54, 1.807) is 0 Å². The van der Waals surface area contributed by atoms with E-state index in [9.17, 15) is 0 Å². The summed E-state index contributed by atoms with van der Waals surface area (Å²) in [5, 5.41) is 5.03. The monoisotopic (exact) mass is 596 g/mol. The molecule has 0 aliphatic heterocycles. The molecule has 0 unspecified atom stereocenters. The van der Waals surface area contributed by atoms with Crippen molar-refractivity contribution in [1.29, 1.82) is 0 Å². The highest BCUT2D eigenvalue weighted by atomic mass is 15.1. The van der Waals surface area contributed by atoms with E-state index in [0.717, 1.165) is 22.5 Å². The Morgan fingerprint density at radius 1 is 0.447 bits per heavy atom. The number of nitrogens with zero attached hydrogens (tertiary/aromatic N) is 2. The number of hydrogen-bond acceptors (Lipinski definition) is 1. The number of imidazole rings is 1. The molecule has 2 nitrogen and oxygen atoms in total. The fourth-order valence-corrected chi connectivity index (χ4v) is 7.79. The summed E-state index contributed by atoms with van der Waals surface area (Å²) >= 11 is 0. The maximum atomic E-state index is 4.85. The van der Waals surface area contributed by atoms with Gasteiger partial charge >= 0.3 is 0 Å². The number of fused-ring (bicyclic) bond motifs is 3. The molecule has 7 aromatic carbocycles. The van der Waals surface area contributed by atoms with Gasteiger partial charge in [0.15, 0.2) is 0 Å². The molecule has 8 rings (SSSR count). The Balaban J connectivity index is 1.38. The summed E-state index contributed by atoms with van der Waals surface area (Å²) < 4.78 is 2.27. The van der Waals surface area contributed by atoms with E-state index in [4.69, 9.17) is 4.98 Å². The Bertz CT molecular complexity index is 2460. The van der Waals surface area contributed by atoms with Gasteiger partial charge in [-0.15, -0.1) is 16.4 Å². The first-order chi connectivity index (χ1) is 22.8. The van der Waals surface area contributed by atoms with Crippen LogP contribution in [0.3, 0.4) is 0 Å². The second-order valence-electron chi connectivity index (χ2n) is 13.0. The van der Waals surface area contributed by atoms with E-state index >= 15 is 0 Å². The SMILES string of the molecule is Bc1c(B)c(B)c(-c2cccc(-c3c4ccccc4c(-c4cccc(-n5c(C)nc6ccccc65)c4)c4ccccc34)c2)c(B)c1B. The molecule has 0 aliphatic carbocycles. The molecule has 0 amide bonds. The van der Waals surface area contributed by atoms with Gasteiger partial charge in [0.05, 0.1) is 11.0 Å². The van der Waals surface area contributed by atoms with Crippen molar-refractivity contribution in [3.05, 3.63) is 127 Å². The van der Waals surface area contributed by atoms with Gasteiger partial charge < -0.3 is 0 Å². The van der Waals surface area contributed by atoms with Gasteiger partial charge in [-0.3, -0.25) is 4.57 Å². The molecule has 0 fully saturated rings. The summed E-state index contributed by atoms with van der Waals surface area (Å²) in [5.41, 5.74) is 17.8. The van der Waals surface area contributed by atoms with Crippen LogP contribution in [0.4, 0.5) is 0 Å². The topological polar surface area (TPSA) is 17.8 Å². The molecule has 0 saturated carbocycles. The maximum absolute atomic E-state index is 4.85. The van der Waals surface area contributed by atoms with Crippen LogP contribution in [-0.4, -0.2) is 48.8 Å². The molecule has 7 heteroatoms. The Morgan fingerprint density at radius 3 is 1.47 bits per heavy atom. The van der Waals surface area contributed by atoms with Crippen LogP contribution < -0.4 is 27.3 Å². The van der Waals surface area contributed by atoms with Crippen LogP contribution in [0.5, 0.6) is 0 Å². The first-order valence-electron chi connectivity index (χ1n) is 16.5. The lowest BCUT2D eigenvalue weighted by atomic mass is 9.59. The third-order valence-corrected chi connectivity index (χ3v) is 10.5. The molecular formula is C40H33B5N2. The fraction of sp³-hybridized carbons (Fsp3) is 0.0250. The Kier molecular flexibility index (Phi) is 7.02. The van der Waals surface area contributed by atoms with Crippen molar-refractivity contribution in [2.45, 2.75) is 6.92 Å². The van der Waals surface area contributed by atoms with Gasteiger partial charge in [-0.25, -0.2) is 4.98 Å². The number of hydrogen-bond donors (Lipinski definition) is 0. The first kappa shape index (κ1) is 29.3. The predicted molar refractivity (Wildman–Crippen MR) is 218 cm³/mol. The normalized spacial score (nSPS) is 11.5. The van der Waals surface area contributed by atoms with Crippen molar-refractivity contribution in [2.24, 2.45) is 0 Å². The maximum Gasteiger partial charge on any atom is 0.139 e. The molecule has 47 heavy (non-hydrogen) atoms. The minimum atomic E-state index is 0.984. The van der Waals surface area contributed by atoms with E-state index in [2.05, 4.69) is 172 Å². The second kappa shape index (κ2) is 11.3. The van der Waals surface area contributed by atoms with Crippen molar-refractivity contribution >= 4 is 99.1 Å². The quantitative estimate of drug-likeness (QED) is 0.225. The van der Waals surface area contributed by atoms with E-state index in [-0.39, 0.29) is 0 Å². The lowest BCUT2D eigenvalue weighted by Crippen LogP contribution is -2.55. The average Bonchev–Trinajstić information content (AvgIpc) is 3.44. The summed E-state index contributed by atoms with van der Waals surface area (Å²) in [6, 6.07) is 44.4. The molecular weight excluding hydrogens is 563 g/mol. The Labute approximate surface area is 280 Å². The molecule has 0 atom stereocenters. The van der Waals surface area contributed by atoms with Crippen LogP contribution in [0.1, 0.15) is 5.82 Å². The zero-order valence-electron chi connectivity index (χ0n) is 27.9. The van der Waals surface area contributed by atoms with Crippen molar-refractivity contribution in [3.63, 3.8) is 0 Å². The first-order valence-corrected chi connectivity index (χ1v) is 16.5. The third kappa shape index (κ3) is 4.60. The molecule has 8 aromatic rings.